The van der Waals surface area contributed by atoms with E-state index >= 15 is 0 Å². The van der Waals surface area contributed by atoms with Crippen molar-refractivity contribution in [2.24, 2.45) is 0 Å². The first-order chi connectivity index (χ1) is 9.65. The second kappa shape index (κ2) is 7.65. The molecule has 20 heavy (non-hydrogen) atoms. The summed E-state index contributed by atoms with van der Waals surface area (Å²) in [5, 5.41) is 7.04. The second-order valence-electron chi connectivity index (χ2n) is 5.57. The van der Waals surface area contributed by atoms with E-state index in [-0.39, 0.29) is 11.9 Å². The van der Waals surface area contributed by atoms with Crippen LogP contribution in [-0.2, 0) is 4.79 Å². The summed E-state index contributed by atoms with van der Waals surface area (Å²) in [5.74, 6) is 0.0107. The molecule has 1 aromatic rings. The number of nitrogens with one attached hydrogen (secondary N) is 2. The summed E-state index contributed by atoms with van der Waals surface area (Å²) < 4.78 is 0. The van der Waals surface area contributed by atoms with Gasteiger partial charge in [-0.3, -0.25) is 4.79 Å². The Kier molecular flexibility index (Phi) is 5.86. The Morgan fingerprint density at radius 1 is 1.15 bits per heavy atom. The molecule has 110 valence electrons. The number of halogens is 1. The molecule has 0 unspecified atom stereocenters. The number of rotatable bonds is 4. The number of carbonyl (C=O) groups is 1. The molecule has 1 aliphatic rings. The van der Waals surface area contributed by atoms with Crippen molar-refractivity contribution in [2.45, 2.75) is 57.5 Å². The van der Waals surface area contributed by atoms with E-state index in [1.807, 2.05) is 19.1 Å². The average molecular weight is 295 g/mol. The highest BCUT2D eigenvalue weighted by molar-refractivity contribution is 6.30. The number of hydrogen-bond donors (Lipinski definition) is 2. The van der Waals surface area contributed by atoms with Gasteiger partial charge >= 0.3 is 0 Å². The van der Waals surface area contributed by atoms with Crippen molar-refractivity contribution in [2.75, 3.05) is 5.32 Å². The van der Waals surface area contributed by atoms with Gasteiger partial charge in [-0.25, -0.2) is 0 Å². The van der Waals surface area contributed by atoms with Crippen molar-refractivity contribution in [3.8, 4) is 0 Å². The molecule has 4 heteroatoms. The molecule has 0 heterocycles. The van der Waals surface area contributed by atoms with Gasteiger partial charge < -0.3 is 10.6 Å². The van der Waals surface area contributed by atoms with Gasteiger partial charge in [0.1, 0.15) is 0 Å². The van der Waals surface area contributed by atoms with Crippen molar-refractivity contribution in [1.82, 2.24) is 5.32 Å². The van der Waals surface area contributed by atoms with Gasteiger partial charge in [-0.15, -0.1) is 0 Å². The van der Waals surface area contributed by atoms with Crippen LogP contribution in [0.4, 0.5) is 5.69 Å². The number of anilines is 1. The Morgan fingerprint density at radius 3 is 2.35 bits per heavy atom. The van der Waals surface area contributed by atoms with Crippen LogP contribution >= 0.6 is 11.6 Å². The largest absolute Gasteiger partial charge is 0.325 e. The lowest BCUT2D eigenvalue weighted by Crippen LogP contribution is -2.43. The van der Waals surface area contributed by atoms with E-state index in [0.29, 0.717) is 11.1 Å². The van der Waals surface area contributed by atoms with E-state index in [4.69, 9.17) is 11.6 Å². The zero-order valence-corrected chi connectivity index (χ0v) is 12.7. The van der Waals surface area contributed by atoms with Gasteiger partial charge in [-0.1, -0.05) is 37.3 Å². The maximum Gasteiger partial charge on any atom is 0.241 e. The van der Waals surface area contributed by atoms with Crippen LogP contribution < -0.4 is 10.6 Å². The smallest absolute Gasteiger partial charge is 0.241 e. The molecular formula is C16H23ClN2O. The molecule has 3 nitrogen and oxygen atoms in total. The van der Waals surface area contributed by atoms with Gasteiger partial charge in [0.05, 0.1) is 6.04 Å². The van der Waals surface area contributed by atoms with E-state index in [9.17, 15) is 4.79 Å². The van der Waals surface area contributed by atoms with Crippen molar-refractivity contribution in [3.63, 3.8) is 0 Å². The fourth-order valence-electron chi connectivity index (χ4n) is 2.66. The molecule has 0 spiro atoms. The quantitative estimate of drug-likeness (QED) is 0.825. The van der Waals surface area contributed by atoms with Crippen LogP contribution in [0.2, 0.25) is 5.02 Å². The number of carbonyl (C=O) groups excluding carboxylic acids is 1. The summed E-state index contributed by atoms with van der Waals surface area (Å²) in [7, 11) is 0. The molecule has 1 atom stereocenters. The van der Waals surface area contributed by atoms with Crippen molar-refractivity contribution in [3.05, 3.63) is 29.3 Å². The molecule has 1 saturated carbocycles. The van der Waals surface area contributed by atoms with Crippen LogP contribution in [0.1, 0.15) is 45.4 Å². The normalized spacial score (nSPS) is 18.3. The van der Waals surface area contributed by atoms with Gasteiger partial charge in [0.25, 0.3) is 0 Å². The summed E-state index contributed by atoms with van der Waals surface area (Å²) in [6.07, 6.45) is 7.54. The predicted molar refractivity (Wildman–Crippen MR) is 84.2 cm³/mol. The lowest BCUT2D eigenvalue weighted by Gasteiger charge is -2.21. The van der Waals surface area contributed by atoms with Crippen molar-refractivity contribution >= 4 is 23.2 Å². The minimum absolute atomic E-state index is 0.0107. The summed E-state index contributed by atoms with van der Waals surface area (Å²) in [4.78, 5) is 12.2. The van der Waals surface area contributed by atoms with Gasteiger partial charge in [-0.05, 0) is 44.0 Å². The first-order valence-electron chi connectivity index (χ1n) is 7.47. The number of benzene rings is 1. The summed E-state index contributed by atoms with van der Waals surface area (Å²) in [6, 6.07) is 7.50. The second-order valence-corrected chi connectivity index (χ2v) is 6.01. The molecule has 1 fully saturated rings. The summed E-state index contributed by atoms with van der Waals surface area (Å²) in [5.41, 5.74) is 0.786. The minimum Gasteiger partial charge on any atom is -0.325 e. The number of hydrogen-bond acceptors (Lipinski definition) is 2. The van der Waals surface area contributed by atoms with Crippen LogP contribution in [0.5, 0.6) is 0 Å². The molecule has 1 amide bonds. The molecule has 1 aliphatic carbocycles. The highest BCUT2D eigenvalue weighted by Crippen LogP contribution is 2.18. The Morgan fingerprint density at radius 2 is 1.75 bits per heavy atom. The van der Waals surface area contributed by atoms with E-state index in [1.165, 1.54) is 38.5 Å². The van der Waals surface area contributed by atoms with Crippen LogP contribution in [-0.4, -0.2) is 18.0 Å². The third-order valence-corrected chi connectivity index (χ3v) is 4.10. The van der Waals surface area contributed by atoms with Crippen LogP contribution in [0.15, 0.2) is 24.3 Å². The molecular weight excluding hydrogens is 272 g/mol. The Balaban J connectivity index is 1.83. The SMILES string of the molecule is C[C@H](NC1CCCCCC1)C(=O)Nc1ccc(Cl)cc1. The monoisotopic (exact) mass is 294 g/mol. The molecule has 0 bridgehead atoms. The van der Waals surface area contributed by atoms with Gasteiger partial charge in [0.15, 0.2) is 0 Å². The first kappa shape index (κ1) is 15.3. The third-order valence-electron chi connectivity index (χ3n) is 3.85. The highest BCUT2D eigenvalue weighted by Gasteiger charge is 2.19. The number of amides is 1. The molecule has 1 aromatic carbocycles. The highest BCUT2D eigenvalue weighted by atomic mass is 35.5. The molecule has 0 radical (unpaired) electrons. The molecule has 0 aromatic heterocycles. The zero-order chi connectivity index (χ0) is 14.4. The lowest BCUT2D eigenvalue weighted by atomic mass is 10.1. The van der Waals surface area contributed by atoms with Gasteiger partial charge in [0, 0.05) is 16.8 Å². The van der Waals surface area contributed by atoms with Crippen molar-refractivity contribution in [1.29, 1.82) is 0 Å². The van der Waals surface area contributed by atoms with E-state index < -0.39 is 0 Å². The lowest BCUT2D eigenvalue weighted by molar-refractivity contribution is -0.118. The summed E-state index contributed by atoms with van der Waals surface area (Å²) >= 11 is 5.83. The van der Waals surface area contributed by atoms with Gasteiger partial charge in [0.2, 0.25) is 5.91 Å². The van der Waals surface area contributed by atoms with E-state index in [0.717, 1.165) is 5.69 Å². The van der Waals surface area contributed by atoms with E-state index in [2.05, 4.69) is 10.6 Å². The molecule has 0 saturated heterocycles. The maximum absolute atomic E-state index is 12.2. The Bertz CT molecular complexity index is 425. The molecule has 2 rings (SSSR count). The van der Waals surface area contributed by atoms with Crippen LogP contribution in [0.3, 0.4) is 0 Å². The first-order valence-corrected chi connectivity index (χ1v) is 7.85. The summed E-state index contributed by atoms with van der Waals surface area (Å²) in [6.45, 7) is 1.93. The average Bonchev–Trinajstić information content (AvgIpc) is 2.70. The fourth-order valence-corrected chi connectivity index (χ4v) is 2.78. The Hall–Kier alpha value is -1.06. The topological polar surface area (TPSA) is 41.1 Å². The van der Waals surface area contributed by atoms with Crippen LogP contribution in [0, 0.1) is 0 Å². The predicted octanol–water partition coefficient (Wildman–Crippen LogP) is 3.98. The van der Waals surface area contributed by atoms with Crippen molar-refractivity contribution < 1.29 is 4.79 Å². The molecule has 2 N–H and O–H groups in total. The van der Waals surface area contributed by atoms with E-state index in [1.54, 1.807) is 12.1 Å². The molecule has 0 aliphatic heterocycles. The maximum atomic E-state index is 12.2. The Labute approximate surface area is 126 Å². The minimum atomic E-state index is -0.172. The third kappa shape index (κ3) is 4.80. The van der Waals surface area contributed by atoms with Crippen LogP contribution in [0.25, 0.3) is 0 Å². The standard InChI is InChI=1S/C16H23ClN2O/c1-12(18-14-6-4-2-3-5-7-14)16(20)19-15-10-8-13(17)9-11-15/h8-12,14,18H,2-7H2,1H3,(H,19,20)/t12-/m0/s1. The zero-order valence-electron chi connectivity index (χ0n) is 12.0. The van der Waals surface area contributed by atoms with Gasteiger partial charge in [-0.2, -0.15) is 0 Å². The fraction of sp³-hybridized carbons (Fsp3) is 0.562.